The van der Waals surface area contributed by atoms with Crippen LogP contribution in [0.15, 0.2) is 18.2 Å². The minimum Gasteiger partial charge on any atom is -0.495 e. The molecule has 0 aromatic heterocycles. The molecule has 94 valence electrons. The molecule has 1 aliphatic rings. The maximum absolute atomic E-state index is 5.76. The molecule has 0 saturated carbocycles. The van der Waals surface area contributed by atoms with Gasteiger partial charge in [-0.2, -0.15) is 0 Å². The van der Waals surface area contributed by atoms with Gasteiger partial charge in [-0.1, -0.05) is 0 Å². The molecule has 0 unspecified atom stereocenters. The molecule has 1 fully saturated rings. The molecule has 17 heavy (non-hydrogen) atoms. The van der Waals surface area contributed by atoms with Crippen LogP contribution >= 0.6 is 0 Å². The Morgan fingerprint density at radius 3 is 2.82 bits per heavy atom. The van der Waals surface area contributed by atoms with Crippen molar-refractivity contribution in [1.29, 1.82) is 0 Å². The van der Waals surface area contributed by atoms with Crippen molar-refractivity contribution in [2.75, 3.05) is 37.4 Å². The minimum absolute atomic E-state index is 0.120. The van der Waals surface area contributed by atoms with Crippen LogP contribution in [0.4, 0.5) is 11.4 Å². The molecule has 2 N–H and O–H groups in total. The van der Waals surface area contributed by atoms with Crippen LogP contribution in [-0.4, -0.2) is 32.4 Å². The Bertz CT molecular complexity index is 404. The first kappa shape index (κ1) is 12.0. The fourth-order valence-corrected chi connectivity index (χ4v) is 2.18. The molecule has 0 spiro atoms. The van der Waals surface area contributed by atoms with Gasteiger partial charge in [0, 0.05) is 24.8 Å². The maximum Gasteiger partial charge on any atom is 0.144 e. The highest BCUT2D eigenvalue weighted by molar-refractivity contribution is 5.64. The molecule has 2 rings (SSSR count). The van der Waals surface area contributed by atoms with E-state index in [2.05, 4.69) is 18.7 Å². The topological polar surface area (TPSA) is 47.7 Å². The van der Waals surface area contributed by atoms with E-state index in [-0.39, 0.29) is 5.60 Å². The molecule has 0 amide bonds. The molecule has 1 aromatic rings. The zero-order valence-electron chi connectivity index (χ0n) is 10.7. The number of ether oxygens (including phenoxy) is 2. The van der Waals surface area contributed by atoms with E-state index in [1.807, 2.05) is 18.2 Å². The number of nitrogens with zero attached hydrogens (tertiary/aromatic N) is 1. The molecule has 1 aromatic carbocycles. The normalized spacial score (nSPS) is 19.1. The molecule has 4 nitrogen and oxygen atoms in total. The van der Waals surface area contributed by atoms with E-state index >= 15 is 0 Å². The van der Waals surface area contributed by atoms with Gasteiger partial charge in [0.2, 0.25) is 0 Å². The van der Waals surface area contributed by atoms with Gasteiger partial charge in [0.15, 0.2) is 0 Å². The summed E-state index contributed by atoms with van der Waals surface area (Å²) in [5.74, 6) is 0.822. The van der Waals surface area contributed by atoms with E-state index in [1.165, 1.54) is 0 Å². The van der Waals surface area contributed by atoms with Crippen molar-refractivity contribution >= 4 is 11.4 Å². The van der Waals surface area contributed by atoms with Gasteiger partial charge in [0.1, 0.15) is 5.75 Å². The van der Waals surface area contributed by atoms with E-state index < -0.39 is 0 Å². The molecule has 1 aliphatic heterocycles. The van der Waals surface area contributed by atoms with E-state index in [0.717, 1.165) is 36.8 Å². The summed E-state index contributed by atoms with van der Waals surface area (Å²) in [6.45, 7) is 6.67. The number of anilines is 2. The molecule has 0 aliphatic carbocycles. The lowest BCUT2D eigenvalue weighted by molar-refractivity contribution is -0.0277. The number of rotatable bonds is 2. The first-order valence-electron chi connectivity index (χ1n) is 5.84. The molecule has 0 atom stereocenters. The molecule has 0 bridgehead atoms. The van der Waals surface area contributed by atoms with Crippen LogP contribution < -0.4 is 15.4 Å². The molecular formula is C13H20N2O2. The predicted molar refractivity (Wildman–Crippen MR) is 69.7 cm³/mol. The second-order valence-corrected chi connectivity index (χ2v) is 4.96. The summed E-state index contributed by atoms with van der Waals surface area (Å²) >= 11 is 0. The van der Waals surface area contributed by atoms with Crippen LogP contribution in [0.3, 0.4) is 0 Å². The summed E-state index contributed by atoms with van der Waals surface area (Å²) in [4.78, 5) is 2.28. The predicted octanol–water partition coefficient (Wildman–Crippen LogP) is 1.89. The van der Waals surface area contributed by atoms with Crippen LogP contribution in [0.5, 0.6) is 5.75 Å². The van der Waals surface area contributed by atoms with E-state index in [1.54, 1.807) is 7.11 Å². The lowest BCUT2D eigenvalue weighted by Gasteiger charge is -2.39. The summed E-state index contributed by atoms with van der Waals surface area (Å²) in [5, 5.41) is 0. The zero-order valence-corrected chi connectivity index (χ0v) is 10.7. The number of morpholine rings is 1. The Balaban J connectivity index is 2.27. The van der Waals surface area contributed by atoms with Gasteiger partial charge in [0.05, 0.1) is 25.0 Å². The number of hydrogen-bond donors (Lipinski definition) is 1. The third-order valence-corrected chi connectivity index (χ3v) is 2.97. The van der Waals surface area contributed by atoms with Gasteiger partial charge in [-0.15, -0.1) is 0 Å². The maximum atomic E-state index is 5.76. The minimum atomic E-state index is -0.120. The second-order valence-electron chi connectivity index (χ2n) is 4.96. The van der Waals surface area contributed by atoms with Crippen LogP contribution in [0.25, 0.3) is 0 Å². The van der Waals surface area contributed by atoms with Crippen LogP contribution in [-0.2, 0) is 4.74 Å². The monoisotopic (exact) mass is 236 g/mol. The van der Waals surface area contributed by atoms with Gasteiger partial charge in [-0.05, 0) is 26.0 Å². The average molecular weight is 236 g/mol. The number of nitrogen functional groups attached to an aromatic ring is 1. The number of benzene rings is 1. The van der Waals surface area contributed by atoms with Crippen molar-refractivity contribution < 1.29 is 9.47 Å². The first-order valence-corrected chi connectivity index (χ1v) is 5.84. The first-order chi connectivity index (χ1) is 8.02. The van der Waals surface area contributed by atoms with Gasteiger partial charge < -0.3 is 20.1 Å². The Hall–Kier alpha value is -1.42. The molecule has 4 heteroatoms. The SMILES string of the molecule is COc1cc(N)ccc1N1CCOC(C)(C)C1. The highest BCUT2D eigenvalue weighted by Crippen LogP contribution is 2.32. The Morgan fingerprint density at radius 2 is 2.18 bits per heavy atom. The molecule has 1 heterocycles. The van der Waals surface area contributed by atoms with Gasteiger partial charge >= 0.3 is 0 Å². The fourth-order valence-electron chi connectivity index (χ4n) is 2.18. The fraction of sp³-hybridized carbons (Fsp3) is 0.538. The molecule has 1 saturated heterocycles. The van der Waals surface area contributed by atoms with Crippen molar-refractivity contribution in [1.82, 2.24) is 0 Å². The summed E-state index contributed by atoms with van der Waals surface area (Å²) in [5.41, 5.74) is 7.44. The Labute approximate surface area is 102 Å². The van der Waals surface area contributed by atoms with E-state index in [9.17, 15) is 0 Å². The number of nitrogens with two attached hydrogens (primary N) is 1. The van der Waals surface area contributed by atoms with Gasteiger partial charge in [0.25, 0.3) is 0 Å². The third kappa shape index (κ3) is 2.64. The largest absolute Gasteiger partial charge is 0.495 e. The van der Waals surface area contributed by atoms with Crippen molar-refractivity contribution in [3.8, 4) is 5.75 Å². The highest BCUT2D eigenvalue weighted by Gasteiger charge is 2.28. The summed E-state index contributed by atoms with van der Waals surface area (Å²) < 4.78 is 11.1. The van der Waals surface area contributed by atoms with Crippen LogP contribution in [0.2, 0.25) is 0 Å². The second kappa shape index (κ2) is 4.45. The quantitative estimate of drug-likeness (QED) is 0.797. The Kier molecular flexibility index (Phi) is 3.15. The summed E-state index contributed by atoms with van der Waals surface area (Å²) in [7, 11) is 1.67. The van der Waals surface area contributed by atoms with Crippen LogP contribution in [0, 0.1) is 0 Å². The lowest BCUT2D eigenvalue weighted by atomic mass is 10.1. The smallest absolute Gasteiger partial charge is 0.144 e. The van der Waals surface area contributed by atoms with Crippen LogP contribution in [0.1, 0.15) is 13.8 Å². The molecule has 0 radical (unpaired) electrons. The molecular weight excluding hydrogens is 216 g/mol. The lowest BCUT2D eigenvalue weighted by Crippen LogP contribution is -2.48. The average Bonchev–Trinajstić information content (AvgIpc) is 2.27. The third-order valence-electron chi connectivity index (χ3n) is 2.97. The van der Waals surface area contributed by atoms with Crippen molar-refractivity contribution in [2.45, 2.75) is 19.4 Å². The van der Waals surface area contributed by atoms with Gasteiger partial charge in [-0.3, -0.25) is 0 Å². The number of hydrogen-bond acceptors (Lipinski definition) is 4. The summed E-state index contributed by atoms with van der Waals surface area (Å²) in [6, 6.07) is 5.77. The van der Waals surface area contributed by atoms with E-state index in [4.69, 9.17) is 15.2 Å². The highest BCUT2D eigenvalue weighted by atomic mass is 16.5. The van der Waals surface area contributed by atoms with Crippen molar-refractivity contribution in [2.24, 2.45) is 0 Å². The van der Waals surface area contributed by atoms with E-state index in [0.29, 0.717) is 0 Å². The van der Waals surface area contributed by atoms with Crippen molar-refractivity contribution in [3.63, 3.8) is 0 Å². The van der Waals surface area contributed by atoms with Gasteiger partial charge in [-0.25, -0.2) is 0 Å². The Morgan fingerprint density at radius 1 is 1.41 bits per heavy atom. The zero-order chi connectivity index (χ0) is 12.5. The van der Waals surface area contributed by atoms with Crippen molar-refractivity contribution in [3.05, 3.63) is 18.2 Å². The summed E-state index contributed by atoms with van der Waals surface area (Å²) in [6.07, 6.45) is 0. The number of methoxy groups -OCH3 is 1. The standard InChI is InChI=1S/C13H20N2O2/c1-13(2)9-15(6-7-17-13)11-5-4-10(14)8-12(11)16-3/h4-5,8H,6-7,9,14H2,1-3H3.